The highest BCUT2D eigenvalue weighted by Crippen LogP contribution is 2.58. The van der Waals surface area contributed by atoms with Crippen LogP contribution >= 0.6 is 11.6 Å². The predicted octanol–water partition coefficient (Wildman–Crippen LogP) is 5.58. The van der Waals surface area contributed by atoms with Crippen LogP contribution in [0, 0.1) is 18.2 Å². The maximum atomic E-state index is 17.2. The lowest BCUT2D eigenvalue weighted by molar-refractivity contribution is -0.150. The first-order valence-electron chi connectivity index (χ1n) is 18.0. The summed E-state index contributed by atoms with van der Waals surface area (Å²) in [6, 6.07) is 2.24. The van der Waals surface area contributed by atoms with Gasteiger partial charge in [0.25, 0.3) is 0 Å². The normalized spacial score (nSPS) is 31.5. The Morgan fingerprint density at radius 2 is 1.86 bits per heavy atom. The molecule has 3 aromatic heterocycles. The monoisotopic (exact) mass is 723 g/mol. The molecule has 3 atom stereocenters. The number of rotatable bonds is 7. The number of likely N-dealkylation sites (tertiary alicyclic amines) is 1. The van der Waals surface area contributed by atoms with E-state index >= 15 is 4.39 Å². The van der Waals surface area contributed by atoms with Gasteiger partial charge < -0.3 is 29.3 Å². The second kappa shape index (κ2) is 12.4. The molecule has 0 radical (unpaired) electrons. The summed E-state index contributed by atoms with van der Waals surface area (Å²) in [5.41, 5.74) is -0.330. The van der Waals surface area contributed by atoms with Gasteiger partial charge in [-0.25, -0.2) is 9.37 Å². The number of piperidine rings is 1. The average molecular weight is 724 g/mol. The van der Waals surface area contributed by atoms with E-state index in [-0.39, 0.29) is 52.6 Å². The summed E-state index contributed by atoms with van der Waals surface area (Å²) in [7, 11) is 1.47. The number of aliphatic hydroxyl groups is 2. The number of anilines is 1. The molecule has 8 rings (SSSR count). The Hall–Kier alpha value is -3.36. The lowest BCUT2D eigenvalue weighted by Crippen LogP contribution is -2.67. The first-order chi connectivity index (χ1) is 24.2. The highest BCUT2D eigenvalue weighted by molar-refractivity contribution is 6.35. The van der Waals surface area contributed by atoms with Gasteiger partial charge in [-0.1, -0.05) is 18.0 Å². The van der Waals surface area contributed by atoms with E-state index in [4.69, 9.17) is 40.8 Å². The second-order valence-corrected chi connectivity index (χ2v) is 16.5. The number of aromatic amines is 1. The number of nitrogens with zero attached hydrogens (tertiary/aromatic N) is 6. The van der Waals surface area contributed by atoms with Gasteiger partial charge in [0.15, 0.2) is 5.82 Å². The maximum Gasteiger partial charge on any atom is 0.319 e. The summed E-state index contributed by atoms with van der Waals surface area (Å²) >= 11 is 6.87. The third-order valence-corrected chi connectivity index (χ3v) is 12.7. The number of ether oxygens (including phenoxy) is 3. The fourth-order valence-electron chi connectivity index (χ4n) is 9.57. The van der Waals surface area contributed by atoms with Crippen molar-refractivity contribution in [1.82, 2.24) is 30.0 Å². The van der Waals surface area contributed by atoms with Crippen molar-refractivity contribution in [2.75, 3.05) is 51.5 Å². The summed E-state index contributed by atoms with van der Waals surface area (Å²) in [5, 5.41) is 30.1. The first-order valence-corrected chi connectivity index (χ1v) is 18.4. The second-order valence-electron chi connectivity index (χ2n) is 16.1. The van der Waals surface area contributed by atoms with E-state index in [0.29, 0.717) is 53.1 Å². The van der Waals surface area contributed by atoms with Crippen LogP contribution < -0.4 is 14.4 Å². The van der Waals surface area contributed by atoms with Crippen LogP contribution in [0.5, 0.6) is 11.9 Å². The number of aryl methyl sites for hydroxylation is 1. The molecular weight excluding hydrogens is 677 g/mol. The largest absolute Gasteiger partial charge is 0.480 e. The molecule has 12 nitrogen and oxygen atoms in total. The van der Waals surface area contributed by atoms with Crippen LogP contribution in [0.25, 0.3) is 33.1 Å². The molecule has 51 heavy (non-hydrogen) atoms. The predicted molar refractivity (Wildman–Crippen MR) is 192 cm³/mol. The zero-order valence-corrected chi connectivity index (χ0v) is 30.7. The number of pyridine rings is 1. The smallest absolute Gasteiger partial charge is 0.319 e. The first kappa shape index (κ1) is 34.7. The van der Waals surface area contributed by atoms with E-state index in [1.165, 1.54) is 7.11 Å². The van der Waals surface area contributed by atoms with Crippen LogP contribution in [0.15, 0.2) is 12.3 Å². The summed E-state index contributed by atoms with van der Waals surface area (Å²) in [4.78, 5) is 18.9. The fraction of sp³-hybridized carbons (Fsp3) is 0.622. The summed E-state index contributed by atoms with van der Waals surface area (Å²) in [6.07, 6.45) is 8.29. The molecule has 0 bridgehead atoms. The molecule has 4 aromatic rings. The van der Waals surface area contributed by atoms with Gasteiger partial charge in [0.1, 0.15) is 28.0 Å². The van der Waals surface area contributed by atoms with E-state index in [0.717, 1.165) is 57.1 Å². The van der Waals surface area contributed by atoms with Crippen molar-refractivity contribution in [3.63, 3.8) is 0 Å². The van der Waals surface area contributed by atoms with Gasteiger partial charge in [0.2, 0.25) is 5.88 Å². The summed E-state index contributed by atoms with van der Waals surface area (Å²) in [6.45, 7) is 10.2. The Kier molecular flexibility index (Phi) is 8.42. The molecule has 2 unspecified atom stereocenters. The highest BCUT2D eigenvalue weighted by Gasteiger charge is 2.60. The number of hydrogen-bond acceptors (Lipinski definition) is 11. The molecule has 4 aliphatic rings. The van der Waals surface area contributed by atoms with E-state index in [1.54, 1.807) is 13.1 Å². The van der Waals surface area contributed by atoms with E-state index in [2.05, 4.69) is 22.0 Å². The highest BCUT2D eigenvalue weighted by atomic mass is 35.5. The Labute approximate surface area is 301 Å². The topological polar surface area (TPSA) is 142 Å². The molecule has 5 heterocycles. The number of methoxy groups -OCH3 is 1. The molecule has 2 aliphatic heterocycles. The molecule has 2 saturated carbocycles. The van der Waals surface area contributed by atoms with Crippen LogP contribution in [0.3, 0.4) is 0 Å². The third kappa shape index (κ3) is 5.70. The number of β-amino-alcohol motifs (C(OH)–C–C–N with tert-alkyl or cyclic N) is 1. The van der Waals surface area contributed by atoms with Gasteiger partial charge in [-0.15, -0.1) is 0 Å². The Bertz CT molecular complexity index is 2000. The minimum absolute atomic E-state index is 0.0236. The molecule has 0 spiro atoms. The van der Waals surface area contributed by atoms with Crippen LogP contribution in [0.4, 0.5) is 10.2 Å². The summed E-state index contributed by atoms with van der Waals surface area (Å²) < 4.78 is 35.4. The van der Waals surface area contributed by atoms with Crippen LogP contribution in [0.2, 0.25) is 5.02 Å². The lowest BCUT2D eigenvalue weighted by Gasteiger charge is -2.60. The number of benzene rings is 1. The SMILES string of the molecule is COc1nc(-c2c(Cl)c(C)cc3[nH]ncc23)c(F)c2nc(OCC34CCCN(C5CC(C)(O)C5)C3(C)CCC4)nc(N3CCOC[C@@](C)(O)C3)c12. The lowest BCUT2D eigenvalue weighted by atomic mass is 9.64. The Balaban J connectivity index is 1.25. The van der Waals surface area contributed by atoms with Gasteiger partial charge in [0.05, 0.1) is 55.8 Å². The van der Waals surface area contributed by atoms with Gasteiger partial charge in [0, 0.05) is 34.5 Å². The quantitative estimate of drug-likeness (QED) is 0.220. The number of halogens is 2. The standard InChI is InChI=1S/C37H47ClFN7O5/c1-21-14-24-23(17-40-44-24)25(27(21)38)29-28(39)30-26(32(41-29)49-5)31(45-12-13-50-19-35(3,48)18-45)43-33(42-30)51-20-37-9-6-8-36(37,4)46(11-7-10-37)22-15-34(2,47)16-22/h14,17,22,47-48H,6-13,15-16,18-20H2,1-5H3,(H,40,44)/t22?,34?,35-,36?,37?/m0/s1. The molecule has 2 aliphatic carbocycles. The molecule has 4 fully saturated rings. The number of nitrogens with one attached hydrogen (secondary N) is 1. The number of aromatic nitrogens is 5. The number of fused-ring (bicyclic) bond motifs is 3. The molecule has 14 heteroatoms. The van der Waals surface area contributed by atoms with E-state index in [1.807, 2.05) is 24.8 Å². The fourth-order valence-corrected chi connectivity index (χ4v) is 9.82. The van der Waals surface area contributed by atoms with Crippen LogP contribution in [0.1, 0.15) is 71.3 Å². The van der Waals surface area contributed by atoms with Crippen molar-refractivity contribution in [3.05, 3.63) is 28.7 Å². The maximum absolute atomic E-state index is 17.2. The van der Waals surface area contributed by atoms with Crippen molar-refractivity contribution in [1.29, 1.82) is 0 Å². The third-order valence-electron chi connectivity index (χ3n) is 12.2. The Morgan fingerprint density at radius 3 is 2.63 bits per heavy atom. The number of hydrogen-bond donors (Lipinski definition) is 3. The summed E-state index contributed by atoms with van der Waals surface area (Å²) in [5.74, 6) is -0.242. The van der Waals surface area contributed by atoms with E-state index in [9.17, 15) is 10.2 Å². The van der Waals surface area contributed by atoms with E-state index < -0.39 is 17.0 Å². The number of H-pyrrole nitrogens is 1. The molecule has 1 aromatic carbocycles. The zero-order valence-electron chi connectivity index (χ0n) is 30.0. The van der Waals surface area contributed by atoms with Gasteiger partial charge in [-0.2, -0.15) is 15.1 Å². The van der Waals surface area contributed by atoms with Gasteiger partial charge in [-0.05, 0) is 84.4 Å². The molecule has 0 amide bonds. The average Bonchev–Trinajstić information content (AvgIpc) is 3.63. The molecule has 2 saturated heterocycles. The zero-order chi connectivity index (χ0) is 35.9. The molecular formula is C37H47ClFN7O5. The van der Waals surface area contributed by atoms with Crippen molar-refractivity contribution in [3.8, 4) is 23.1 Å². The van der Waals surface area contributed by atoms with Crippen molar-refractivity contribution in [2.45, 2.75) is 95.4 Å². The van der Waals surface area contributed by atoms with Crippen molar-refractivity contribution >= 4 is 39.2 Å². The van der Waals surface area contributed by atoms with Crippen LogP contribution in [-0.4, -0.2) is 110 Å². The molecule has 274 valence electrons. The van der Waals surface area contributed by atoms with Crippen LogP contribution in [-0.2, 0) is 4.74 Å². The molecule has 3 N–H and O–H groups in total. The minimum atomic E-state index is -1.20. The van der Waals surface area contributed by atoms with Gasteiger partial charge in [-0.3, -0.25) is 10.00 Å². The minimum Gasteiger partial charge on any atom is -0.480 e. The Morgan fingerprint density at radius 1 is 1.08 bits per heavy atom. The van der Waals surface area contributed by atoms with Gasteiger partial charge >= 0.3 is 6.01 Å². The van der Waals surface area contributed by atoms with Crippen molar-refractivity contribution < 1.29 is 28.8 Å². The van der Waals surface area contributed by atoms with Crippen molar-refractivity contribution in [2.24, 2.45) is 5.41 Å².